The Morgan fingerprint density at radius 3 is 2.73 bits per heavy atom. The number of unbranched alkanes of at least 4 members (excludes halogenated alkanes) is 2. The van der Waals surface area contributed by atoms with E-state index in [4.69, 9.17) is 4.74 Å². The first kappa shape index (κ1) is 13.1. The predicted molar refractivity (Wildman–Crippen MR) is 69.6 cm³/mol. The van der Waals surface area contributed by atoms with Gasteiger partial charge >= 0.3 is 0 Å². The minimum Gasteiger partial charge on any atom is -0.381 e. The van der Waals surface area contributed by atoms with Crippen LogP contribution < -0.4 is 0 Å². The van der Waals surface area contributed by atoms with Gasteiger partial charge in [-0.1, -0.05) is 25.5 Å². The average Bonchev–Trinajstić information content (AvgIpc) is 2.25. The van der Waals surface area contributed by atoms with Crippen molar-refractivity contribution in [1.82, 2.24) is 0 Å². The molecule has 1 aliphatic carbocycles. The van der Waals surface area contributed by atoms with Crippen LogP contribution in [0.2, 0.25) is 0 Å². The van der Waals surface area contributed by atoms with E-state index in [-0.39, 0.29) is 0 Å². The summed E-state index contributed by atoms with van der Waals surface area (Å²) in [5, 5.41) is 0. The first-order valence-electron chi connectivity index (χ1n) is 6.18. The van der Waals surface area contributed by atoms with Crippen molar-refractivity contribution in [3.05, 3.63) is 12.2 Å². The maximum atomic E-state index is 5.73. The molecule has 0 aromatic rings. The lowest BCUT2D eigenvalue weighted by Gasteiger charge is -2.24. The molecule has 0 radical (unpaired) electrons. The summed E-state index contributed by atoms with van der Waals surface area (Å²) in [6, 6.07) is 0. The highest BCUT2D eigenvalue weighted by atomic mass is 32.1. The number of ether oxygens (including phenoxy) is 1. The molecule has 2 heteroatoms. The Hall–Kier alpha value is 0.0500. The number of allylic oxidation sites excluding steroid dienone is 2. The third kappa shape index (κ3) is 5.62. The molecule has 0 heterocycles. The average molecular weight is 228 g/mol. The standard InChI is InChI=1S/C13H24OS/c1-12-7-3-4-8-13(12)11-14-9-5-2-6-10-15/h3-4,12-13,15H,2,5-11H2,1H3. The van der Waals surface area contributed by atoms with E-state index < -0.39 is 0 Å². The summed E-state index contributed by atoms with van der Waals surface area (Å²) < 4.78 is 5.73. The lowest BCUT2D eigenvalue weighted by molar-refractivity contribution is 0.0767. The van der Waals surface area contributed by atoms with Gasteiger partial charge in [-0.2, -0.15) is 12.6 Å². The van der Waals surface area contributed by atoms with Crippen LogP contribution in [0, 0.1) is 11.8 Å². The first-order valence-corrected chi connectivity index (χ1v) is 6.81. The third-order valence-electron chi connectivity index (χ3n) is 3.20. The molecule has 0 spiro atoms. The van der Waals surface area contributed by atoms with Gasteiger partial charge in [0, 0.05) is 13.2 Å². The number of rotatable bonds is 7. The predicted octanol–water partition coefficient (Wildman–Crippen LogP) is 3.71. The maximum Gasteiger partial charge on any atom is 0.0499 e. The molecule has 15 heavy (non-hydrogen) atoms. The van der Waals surface area contributed by atoms with Gasteiger partial charge in [-0.05, 0) is 43.3 Å². The smallest absolute Gasteiger partial charge is 0.0499 e. The van der Waals surface area contributed by atoms with Crippen molar-refractivity contribution in [2.24, 2.45) is 11.8 Å². The molecule has 0 bridgehead atoms. The van der Waals surface area contributed by atoms with Crippen LogP contribution in [0.25, 0.3) is 0 Å². The van der Waals surface area contributed by atoms with Crippen LogP contribution >= 0.6 is 12.6 Å². The molecule has 2 unspecified atom stereocenters. The Kier molecular flexibility index (Phi) is 7.20. The fourth-order valence-electron chi connectivity index (χ4n) is 1.97. The van der Waals surface area contributed by atoms with Crippen molar-refractivity contribution in [1.29, 1.82) is 0 Å². The van der Waals surface area contributed by atoms with Crippen molar-refractivity contribution >= 4 is 12.6 Å². The normalized spacial score (nSPS) is 25.7. The lowest BCUT2D eigenvalue weighted by Crippen LogP contribution is -2.19. The van der Waals surface area contributed by atoms with Crippen LogP contribution in [0.15, 0.2) is 12.2 Å². The Morgan fingerprint density at radius 2 is 2.00 bits per heavy atom. The summed E-state index contributed by atoms with van der Waals surface area (Å²) in [7, 11) is 0. The summed E-state index contributed by atoms with van der Waals surface area (Å²) in [5.41, 5.74) is 0. The second-order valence-electron chi connectivity index (χ2n) is 4.54. The lowest BCUT2D eigenvalue weighted by atomic mass is 9.85. The Balaban J connectivity index is 1.97. The zero-order valence-corrected chi connectivity index (χ0v) is 10.7. The van der Waals surface area contributed by atoms with Gasteiger partial charge in [0.05, 0.1) is 0 Å². The first-order chi connectivity index (χ1) is 7.34. The van der Waals surface area contributed by atoms with Crippen LogP contribution in [0.4, 0.5) is 0 Å². The highest BCUT2D eigenvalue weighted by molar-refractivity contribution is 7.80. The molecule has 0 aromatic heterocycles. The van der Waals surface area contributed by atoms with Crippen LogP contribution in [-0.2, 0) is 4.74 Å². The minimum atomic E-state index is 0.750. The zero-order valence-electron chi connectivity index (χ0n) is 9.82. The monoisotopic (exact) mass is 228 g/mol. The van der Waals surface area contributed by atoms with E-state index in [0.717, 1.165) is 30.8 Å². The van der Waals surface area contributed by atoms with Crippen molar-refractivity contribution < 1.29 is 4.74 Å². The maximum absolute atomic E-state index is 5.73. The SMILES string of the molecule is CC1CC=CCC1COCCCCCS. The van der Waals surface area contributed by atoms with Gasteiger partial charge in [-0.25, -0.2) is 0 Å². The van der Waals surface area contributed by atoms with Crippen LogP contribution in [0.3, 0.4) is 0 Å². The molecule has 1 rings (SSSR count). The molecule has 0 amide bonds. The van der Waals surface area contributed by atoms with E-state index in [9.17, 15) is 0 Å². The van der Waals surface area contributed by atoms with E-state index in [1.165, 1.54) is 32.1 Å². The summed E-state index contributed by atoms with van der Waals surface area (Å²) in [6.45, 7) is 4.21. The van der Waals surface area contributed by atoms with E-state index >= 15 is 0 Å². The number of hydrogen-bond donors (Lipinski definition) is 1. The van der Waals surface area contributed by atoms with Crippen molar-refractivity contribution in [3.63, 3.8) is 0 Å². The van der Waals surface area contributed by atoms with E-state index in [1.807, 2.05) is 0 Å². The van der Waals surface area contributed by atoms with E-state index in [2.05, 4.69) is 31.7 Å². The summed E-state index contributed by atoms with van der Waals surface area (Å²) in [4.78, 5) is 0. The Bertz CT molecular complexity index is 179. The molecule has 1 nitrogen and oxygen atoms in total. The topological polar surface area (TPSA) is 9.23 Å². The molecule has 88 valence electrons. The van der Waals surface area contributed by atoms with Gasteiger partial charge in [-0.3, -0.25) is 0 Å². The Labute approximate surface area is 99.7 Å². The van der Waals surface area contributed by atoms with Gasteiger partial charge in [0.25, 0.3) is 0 Å². The van der Waals surface area contributed by atoms with E-state index in [1.54, 1.807) is 0 Å². The van der Waals surface area contributed by atoms with Crippen LogP contribution in [0.5, 0.6) is 0 Å². The summed E-state index contributed by atoms with van der Waals surface area (Å²) in [5.74, 6) is 2.55. The molecular formula is C13H24OS. The quantitative estimate of drug-likeness (QED) is 0.397. The minimum absolute atomic E-state index is 0.750. The number of hydrogen-bond acceptors (Lipinski definition) is 2. The fraction of sp³-hybridized carbons (Fsp3) is 0.846. The van der Waals surface area contributed by atoms with E-state index in [0.29, 0.717) is 0 Å². The largest absolute Gasteiger partial charge is 0.381 e. The van der Waals surface area contributed by atoms with Gasteiger partial charge in [-0.15, -0.1) is 0 Å². The van der Waals surface area contributed by atoms with Gasteiger partial charge < -0.3 is 4.74 Å². The molecule has 0 saturated heterocycles. The Morgan fingerprint density at radius 1 is 1.20 bits per heavy atom. The molecule has 2 atom stereocenters. The third-order valence-corrected chi connectivity index (χ3v) is 3.51. The molecule has 1 aliphatic rings. The molecule has 0 saturated carbocycles. The van der Waals surface area contributed by atoms with Gasteiger partial charge in [0.15, 0.2) is 0 Å². The van der Waals surface area contributed by atoms with Crippen LogP contribution in [0.1, 0.15) is 39.0 Å². The van der Waals surface area contributed by atoms with Gasteiger partial charge in [0.2, 0.25) is 0 Å². The molecule has 0 aliphatic heterocycles. The molecule has 0 fully saturated rings. The fourth-order valence-corrected chi connectivity index (χ4v) is 2.19. The summed E-state index contributed by atoms with van der Waals surface area (Å²) >= 11 is 4.19. The van der Waals surface area contributed by atoms with Crippen molar-refractivity contribution in [2.75, 3.05) is 19.0 Å². The molecular weight excluding hydrogens is 204 g/mol. The highest BCUT2D eigenvalue weighted by Crippen LogP contribution is 2.24. The summed E-state index contributed by atoms with van der Waals surface area (Å²) in [6.07, 6.45) is 10.7. The van der Waals surface area contributed by atoms with Crippen LogP contribution in [-0.4, -0.2) is 19.0 Å². The zero-order chi connectivity index (χ0) is 10.9. The molecule has 0 N–H and O–H groups in total. The highest BCUT2D eigenvalue weighted by Gasteiger charge is 2.17. The van der Waals surface area contributed by atoms with Gasteiger partial charge in [0.1, 0.15) is 0 Å². The van der Waals surface area contributed by atoms with Crippen molar-refractivity contribution in [3.8, 4) is 0 Å². The molecule has 0 aromatic carbocycles. The second-order valence-corrected chi connectivity index (χ2v) is 4.99. The second kappa shape index (κ2) is 8.23. The van der Waals surface area contributed by atoms with Crippen molar-refractivity contribution in [2.45, 2.75) is 39.0 Å². The number of thiol groups is 1.